The van der Waals surface area contributed by atoms with Crippen molar-refractivity contribution in [3.63, 3.8) is 0 Å². The summed E-state index contributed by atoms with van der Waals surface area (Å²) in [6, 6.07) is 12.6. The molecule has 2 N–H and O–H groups in total. The summed E-state index contributed by atoms with van der Waals surface area (Å²) in [7, 11) is 0. The number of aliphatic hydroxyl groups excluding tert-OH is 1. The lowest BCUT2D eigenvalue weighted by molar-refractivity contribution is -0.274. The first kappa shape index (κ1) is 26.8. The van der Waals surface area contributed by atoms with Gasteiger partial charge in [-0.05, 0) is 45.0 Å². The number of hydrogen-bond acceptors (Lipinski definition) is 6. The van der Waals surface area contributed by atoms with Gasteiger partial charge in [-0.3, -0.25) is 4.90 Å². The van der Waals surface area contributed by atoms with E-state index < -0.39 is 30.0 Å². The number of alkyl carbamates (subject to hydrolysis) is 1. The molecule has 0 fully saturated rings. The number of nitrogens with one attached hydrogen (secondary N) is 1. The van der Waals surface area contributed by atoms with Gasteiger partial charge in [-0.2, -0.15) is 5.10 Å². The zero-order valence-electron chi connectivity index (χ0n) is 20.3. The summed E-state index contributed by atoms with van der Waals surface area (Å²) in [6.45, 7) is 5.57. The first-order valence-electron chi connectivity index (χ1n) is 11.4. The van der Waals surface area contributed by atoms with Crippen molar-refractivity contribution in [3.8, 4) is 22.7 Å². The van der Waals surface area contributed by atoms with Gasteiger partial charge in [0.2, 0.25) is 0 Å². The second kappa shape index (κ2) is 10.2. The smallest absolute Gasteiger partial charge is 0.444 e. The molecule has 1 aromatic heterocycles. The van der Waals surface area contributed by atoms with Crippen LogP contribution in [0.2, 0.25) is 5.02 Å². The topological polar surface area (TPSA) is 88.9 Å². The Morgan fingerprint density at radius 2 is 1.81 bits per heavy atom. The van der Waals surface area contributed by atoms with Crippen molar-refractivity contribution in [2.75, 3.05) is 6.54 Å². The van der Waals surface area contributed by atoms with E-state index in [0.29, 0.717) is 22.0 Å². The molecule has 2 heterocycles. The van der Waals surface area contributed by atoms with Gasteiger partial charge in [-0.1, -0.05) is 35.9 Å². The number of fused-ring (bicyclic) bond motifs is 1. The van der Waals surface area contributed by atoms with E-state index in [9.17, 15) is 23.1 Å². The molecule has 1 atom stereocenters. The van der Waals surface area contributed by atoms with Crippen LogP contribution < -0.4 is 10.1 Å². The monoisotopic (exact) mass is 538 g/mol. The fourth-order valence-corrected chi connectivity index (χ4v) is 4.12. The molecule has 2 aromatic carbocycles. The van der Waals surface area contributed by atoms with Crippen LogP contribution in [0.15, 0.2) is 48.5 Å². The number of rotatable bonds is 6. The molecule has 0 spiro atoms. The number of hydrogen-bond donors (Lipinski definition) is 2. The highest BCUT2D eigenvalue weighted by Crippen LogP contribution is 2.38. The van der Waals surface area contributed by atoms with Gasteiger partial charge in [0, 0.05) is 29.2 Å². The Balaban J connectivity index is 1.64. The minimum Gasteiger partial charge on any atom is -0.444 e. The highest BCUT2D eigenvalue weighted by atomic mass is 35.5. The van der Waals surface area contributed by atoms with Crippen molar-refractivity contribution in [1.82, 2.24) is 20.0 Å². The summed E-state index contributed by atoms with van der Waals surface area (Å²) in [6.07, 6.45) is -6.58. The quantitative estimate of drug-likeness (QED) is 0.446. The zero-order chi connectivity index (χ0) is 27.0. The van der Waals surface area contributed by atoms with E-state index >= 15 is 0 Å². The maximum atomic E-state index is 13.1. The molecule has 1 aliphatic heterocycles. The number of carbonyl (C=O) groups excluding carboxylic acids is 1. The molecule has 0 saturated carbocycles. The molecule has 3 aromatic rings. The van der Waals surface area contributed by atoms with Gasteiger partial charge in [0.15, 0.2) is 5.75 Å². The molecular formula is C25H26ClF3N4O4. The Bertz CT molecular complexity index is 1270. The lowest BCUT2D eigenvalue weighted by Gasteiger charge is -2.25. The fourth-order valence-electron chi connectivity index (χ4n) is 3.99. The number of nitrogens with zero attached hydrogens (tertiary/aromatic N) is 3. The van der Waals surface area contributed by atoms with Crippen molar-refractivity contribution in [1.29, 1.82) is 0 Å². The lowest BCUT2D eigenvalue weighted by atomic mass is 10.1. The van der Waals surface area contributed by atoms with Crippen molar-refractivity contribution in [2.45, 2.75) is 52.1 Å². The van der Waals surface area contributed by atoms with Gasteiger partial charge < -0.3 is 19.9 Å². The van der Waals surface area contributed by atoms with Gasteiger partial charge in [-0.15, -0.1) is 13.2 Å². The van der Waals surface area contributed by atoms with E-state index in [1.54, 1.807) is 56.0 Å². The number of ether oxygens (including phenoxy) is 2. The number of carbonyl (C=O) groups is 1. The van der Waals surface area contributed by atoms with E-state index in [4.69, 9.17) is 16.3 Å². The predicted octanol–water partition coefficient (Wildman–Crippen LogP) is 5.25. The third-order valence-corrected chi connectivity index (χ3v) is 5.72. The molecule has 12 heteroatoms. The third-order valence-electron chi connectivity index (χ3n) is 5.47. The molecule has 4 rings (SSSR count). The SMILES string of the molecule is CC(C)(C)OC(=O)NCC(O)N1Cc2nn(-c3ccccc3OC(F)(F)F)c(-c3ccc(Cl)cc3)c2C1. The molecule has 0 aliphatic carbocycles. The van der Waals surface area contributed by atoms with Crippen molar-refractivity contribution < 1.29 is 32.5 Å². The van der Waals surface area contributed by atoms with Crippen LogP contribution in [0.1, 0.15) is 32.0 Å². The Morgan fingerprint density at radius 3 is 2.46 bits per heavy atom. The van der Waals surface area contributed by atoms with Crippen LogP contribution in [0.3, 0.4) is 0 Å². The third kappa shape index (κ3) is 6.54. The zero-order valence-corrected chi connectivity index (χ0v) is 21.1. The van der Waals surface area contributed by atoms with Crippen LogP contribution in [0.25, 0.3) is 16.9 Å². The van der Waals surface area contributed by atoms with Crippen molar-refractivity contribution in [3.05, 3.63) is 64.8 Å². The average molecular weight is 539 g/mol. The summed E-state index contributed by atoms with van der Waals surface area (Å²) in [5, 5.41) is 18.3. The van der Waals surface area contributed by atoms with Gasteiger partial charge >= 0.3 is 12.5 Å². The molecule has 37 heavy (non-hydrogen) atoms. The van der Waals surface area contributed by atoms with Crippen LogP contribution in [0, 0.1) is 0 Å². The van der Waals surface area contributed by atoms with Gasteiger partial charge in [0.1, 0.15) is 17.5 Å². The molecule has 0 radical (unpaired) electrons. The van der Waals surface area contributed by atoms with E-state index in [0.717, 1.165) is 5.56 Å². The molecule has 198 valence electrons. The number of alkyl halides is 3. The van der Waals surface area contributed by atoms with Gasteiger partial charge in [-0.25, -0.2) is 9.48 Å². The maximum Gasteiger partial charge on any atom is 0.573 e. The molecule has 1 amide bonds. The molecule has 0 saturated heterocycles. The predicted molar refractivity (Wildman–Crippen MR) is 130 cm³/mol. The Morgan fingerprint density at radius 1 is 1.14 bits per heavy atom. The maximum absolute atomic E-state index is 13.1. The first-order valence-corrected chi connectivity index (χ1v) is 11.8. The second-order valence-corrected chi connectivity index (χ2v) is 9.91. The number of aromatic nitrogens is 2. The number of amides is 1. The van der Waals surface area contributed by atoms with Gasteiger partial charge in [0.05, 0.1) is 17.9 Å². The largest absolute Gasteiger partial charge is 0.573 e. The number of benzene rings is 2. The highest BCUT2D eigenvalue weighted by Gasteiger charge is 2.35. The van der Waals surface area contributed by atoms with Crippen LogP contribution in [0.4, 0.5) is 18.0 Å². The number of aliphatic hydroxyl groups is 1. The van der Waals surface area contributed by atoms with E-state index in [-0.39, 0.29) is 25.3 Å². The number of para-hydroxylation sites is 2. The van der Waals surface area contributed by atoms with E-state index in [1.807, 2.05) is 0 Å². The standard InChI is InChI=1S/C25H26ClF3N4O4/c1-24(2,3)37-23(35)30-12-21(34)32-13-17-18(14-32)31-33(22(17)15-8-10-16(26)11-9-15)19-6-4-5-7-20(19)36-25(27,28)29/h4-11,21,34H,12-14H2,1-3H3,(H,30,35). The summed E-state index contributed by atoms with van der Waals surface area (Å²) in [4.78, 5) is 13.7. The molecule has 1 unspecified atom stereocenters. The Kier molecular flexibility index (Phi) is 7.40. The summed E-state index contributed by atoms with van der Waals surface area (Å²) >= 11 is 6.06. The number of halogens is 4. The summed E-state index contributed by atoms with van der Waals surface area (Å²) in [5.74, 6) is -0.398. The normalized spacial score (nSPS) is 14.8. The summed E-state index contributed by atoms with van der Waals surface area (Å²) in [5.41, 5.74) is 1.94. The van der Waals surface area contributed by atoms with Crippen LogP contribution in [-0.4, -0.2) is 50.6 Å². The molecular weight excluding hydrogens is 513 g/mol. The van der Waals surface area contributed by atoms with Crippen LogP contribution in [-0.2, 0) is 17.8 Å². The Hall–Kier alpha value is -3.28. The average Bonchev–Trinajstić information content (AvgIpc) is 3.34. The first-order chi connectivity index (χ1) is 17.3. The molecule has 8 nitrogen and oxygen atoms in total. The van der Waals surface area contributed by atoms with E-state index in [1.165, 1.54) is 22.9 Å². The Labute approximate surface area is 216 Å². The minimum atomic E-state index is -4.88. The lowest BCUT2D eigenvalue weighted by Crippen LogP contribution is -2.43. The molecule has 0 bridgehead atoms. The van der Waals surface area contributed by atoms with Crippen molar-refractivity contribution >= 4 is 17.7 Å². The van der Waals surface area contributed by atoms with Crippen molar-refractivity contribution in [2.24, 2.45) is 0 Å². The highest BCUT2D eigenvalue weighted by molar-refractivity contribution is 6.30. The van der Waals surface area contributed by atoms with E-state index in [2.05, 4.69) is 15.2 Å². The van der Waals surface area contributed by atoms with Crippen LogP contribution in [0.5, 0.6) is 5.75 Å². The van der Waals surface area contributed by atoms with Gasteiger partial charge in [0.25, 0.3) is 0 Å². The fraction of sp³-hybridized carbons (Fsp3) is 0.360. The van der Waals surface area contributed by atoms with Crippen LogP contribution >= 0.6 is 11.6 Å². The summed E-state index contributed by atoms with van der Waals surface area (Å²) < 4.78 is 50.1. The minimum absolute atomic E-state index is 0.0856. The second-order valence-electron chi connectivity index (χ2n) is 9.48. The molecule has 1 aliphatic rings.